The number of aliphatic imine (C=N–C) groups is 1. The van der Waals surface area contributed by atoms with Crippen molar-refractivity contribution in [1.29, 1.82) is 0 Å². The number of amidine groups is 1. The van der Waals surface area contributed by atoms with Crippen molar-refractivity contribution in [2.45, 2.75) is 0 Å². The Labute approximate surface area is 185 Å². The molecule has 0 radical (unpaired) electrons. The van der Waals surface area contributed by atoms with Crippen molar-refractivity contribution in [3.8, 4) is 17.2 Å². The van der Waals surface area contributed by atoms with Gasteiger partial charge in [0.25, 0.3) is 0 Å². The molecule has 0 amide bonds. The van der Waals surface area contributed by atoms with Crippen LogP contribution in [-0.4, -0.2) is 30.9 Å². The smallest absolute Gasteiger partial charge is 0.231 e. The summed E-state index contributed by atoms with van der Waals surface area (Å²) in [4.78, 5) is 9.51. The van der Waals surface area contributed by atoms with Crippen LogP contribution in [-0.2, 0) is 0 Å². The van der Waals surface area contributed by atoms with E-state index in [4.69, 9.17) is 24.2 Å². The second kappa shape index (κ2) is 8.77. The number of rotatable bonds is 5. The first kappa shape index (κ1) is 19.6. The van der Waals surface area contributed by atoms with Gasteiger partial charge in [0.2, 0.25) is 6.79 Å². The van der Waals surface area contributed by atoms with Gasteiger partial charge in [0.15, 0.2) is 17.3 Å². The Morgan fingerprint density at radius 3 is 2.75 bits per heavy atom. The van der Waals surface area contributed by atoms with E-state index in [0.717, 1.165) is 22.2 Å². The highest BCUT2D eigenvalue weighted by Crippen LogP contribution is 2.32. The third kappa shape index (κ3) is 4.09. The predicted molar refractivity (Wildman–Crippen MR) is 124 cm³/mol. The van der Waals surface area contributed by atoms with Crippen molar-refractivity contribution in [3.63, 3.8) is 0 Å². The van der Waals surface area contributed by atoms with Gasteiger partial charge in [-0.3, -0.25) is 5.43 Å². The summed E-state index contributed by atoms with van der Waals surface area (Å²) in [5.74, 6) is 2.59. The van der Waals surface area contributed by atoms with E-state index in [1.54, 1.807) is 13.3 Å². The van der Waals surface area contributed by atoms with Crippen molar-refractivity contribution in [2.24, 2.45) is 10.1 Å². The Balaban J connectivity index is 1.49. The minimum absolute atomic E-state index is 0.234. The molecule has 1 N–H and O–H groups in total. The molecule has 1 aliphatic heterocycles. The highest BCUT2D eigenvalue weighted by molar-refractivity contribution is 6.01. The van der Waals surface area contributed by atoms with Gasteiger partial charge >= 0.3 is 0 Å². The molecule has 0 saturated heterocycles. The van der Waals surface area contributed by atoms with Gasteiger partial charge < -0.3 is 14.2 Å². The van der Waals surface area contributed by atoms with Gasteiger partial charge in [0.1, 0.15) is 17.1 Å². The first-order chi connectivity index (χ1) is 15.8. The minimum Gasteiger partial charge on any atom is -0.494 e. The molecule has 0 atom stereocenters. The fourth-order valence-corrected chi connectivity index (χ4v) is 3.34. The van der Waals surface area contributed by atoms with E-state index in [2.05, 4.69) is 10.5 Å². The fourth-order valence-electron chi connectivity index (χ4n) is 3.34. The lowest BCUT2D eigenvalue weighted by Gasteiger charge is -2.09. The number of benzene rings is 3. The Hall–Kier alpha value is -4.39. The highest BCUT2D eigenvalue weighted by Gasteiger charge is 2.13. The van der Waals surface area contributed by atoms with Crippen LogP contribution in [0.3, 0.4) is 0 Å². The first-order valence-corrected chi connectivity index (χ1v) is 10.1. The number of hydrazone groups is 1. The molecule has 0 aliphatic carbocycles. The maximum Gasteiger partial charge on any atom is 0.231 e. The van der Waals surface area contributed by atoms with Crippen LogP contribution in [0.2, 0.25) is 0 Å². The minimum atomic E-state index is 0.234. The molecule has 0 unspecified atom stereocenters. The highest BCUT2D eigenvalue weighted by atomic mass is 16.7. The Bertz CT molecular complexity index is 1330. The normalized spacial score (nSPS) is 13.0. The van der Waals surface area contributed by atoms with Gasteiger partial charge in [-0.05, 0) is 48.0 Å². The Kier molecular flexibility index (Phi) is 5.36. The molecular formula is C25H20N4O3. The third-order valence-electron chi connectivity index (χ3n) is 4.94. The van der Waals surface area contributed by atoms with E-state index >= 15 is 0 Å². The van der Waals surface area contributed by atoms with E-state index in [1.165, 1.54) is 0 Å². The van der Waals surface area contributed by atoms with E-state index in [9.17, 15) is 0 Å². The molecule has 1 aliphatic rings. The number of pyridine rings is 1. The van der Waals surface area contributed by atoms with Crippen molar-refractivity contribution < 1.29 is 14.2 Å². The Morgan fingerprint density at radius 2 is 1.81 bits per heavy atom. The van der Waals surface area contributed by atoms with Gasteiger partial charge in [-0.1, -0.05) is 36.4 Å². The number of methoxy groups -OCH3 is 1. The summed E-state index contributed by atoms with van der Waals surface area (Å²) in [5.41, 5.74) is 6.12. The molecule has 4 aromatic rings. The van der Waals surface area contributed by atoms with Gasteiger partial charge in [-0.15, -0.1) is 0 Å². The number of hydrogen-bond donors (Lipinski definition) is 1. The molecule has 7 heteroatoms. The molecule has 3 aromatic carbocycles. The van der Waals surface area contributed by atoms with Crippen LogP contribution in [0.5, 0.6) is 17.2 Å². The zero-order valence-corrected chi connectivity index (χ0v) is 17.4. The average molecular weight is 424 g/mol. The molecule has 0 bridgehead atoms. The number of ether oxygens (including phenoxy) is 3. The summed E-state index contributed by atoms with van der Waals surface area (Å²) >= 11 is 0. The number of nitrogens with zero attached hydrogens (tertiary/aromatic N) is 3. The molecule has 158 valence electrons. The summed E-state index contributed by atoms with van der Waals surface area (Å²) in [7, 11) is 1.62. The van der Waals surface area contributed by atoms with E-state index in [1.807, 2.05) is 78.9 Å². The van der Waals surface area contributed by atoms with E-state index in [0.29, 0.717) is 28.7 Å². The van der Waals surface area contributed by atoms with Crippen LogP contribution in [0.25, 0.3) is 10.9 Å². The fraction of sp³-hybridized carbons (Fsp3) is 0.0800. The second-order valence-corrected chi connectivity index (χ2v) is 7.00. The molecule has 5 rings (SSSR count). The lowest BCUT2D eigenvalue weighted by molar-refractivity contribution is 0.174. The first-order valence-electron chi connectivity index (χ1n) is 10.1. The van der Waals surface area contributed by atoms with Crippen LogP contribution in [0.1, 0.15) is 11.3 Å². The van der Waals surface area contributed by atoms with Crippen LogP contribution < -0.4 is 19.6 Å². The number of aromatic nitrogens is 1. The average Bonchev–Trinajstić information content (AvgIpc) is 3.31. The number of fused-ring (bicyclic) bond motifs is 2. The number of nitrogens with one attached hydrogen (secondary N) is 1. The number of hydrogen-bond acceptors (Lipinski definition) is 6. The molecule has 7 nitrogen and oxygen atoms in total. The molecule has 1 aromatic heterocycles. The topological polar surface area (TPSA) is 77.3 Å². The molecule has 0 saturated carbocycles. The quantitative estimate of drug-likeness (QED) is 0.286. The van der Waals surface area contributed by atoms with Crippen LogP contribution in [0, 0.1) is 0 Å². The van der Waals surface area contributed by atoms with Gasteiger partial charge in [0, 0.05) is 5.39 Å². The van der Waals surface area contributed by atoms with Crippen LogP contribution >= 0.6 is 0 Å². The summed E-state index contributed by atoms with van der Waals surface area (Å²) in [6.07, 6.45) is 1.70. The monoisotopic (exact) mass is 424 g/mol. The van der Waals surface area contributed by atoms with E-state index in [-0.39, 0.29) is 6.79 Å². The molecule has 0 spiro atoms. The van der Waals surface area contributed by atoms with Crippen molar-refractivity contribution in [1.82, 2.24) is 10.4 Å². The van der Waals surface area contributed by atoms with Gasteiger partial charge in [0.05, 0.1) is 18.8 Å². The van der Waals surface area contributed by atoms with Crippen LogP contribution in [0.15, 0.2) is 89.0 Å². The summed E-state index contributed by atoms with van der Waals surface area (Å²) in [6.45, 7) is 0.234. The number of para-hydroxylation sites is 3. The lowest BCUT2D eigenvalue weighted by atomic mass is 10.2. The summed E-state index contributed by atoms with van der Waals surface area (Å²) in [6, 6.07) is 25.1. The second-order valence-electron chi connectivity index (χ2n) is 7.00. The molecule has 32 heavy (non-hydrogen) atoms. The maximum absolute atomic E-state index is 5.45. The zero-order chi connectivity index (χ0) is 21.8. The van der Waals surface area contributed by atoms with Crippen molar-refractivity contribution in [2.75, 3.05) is 13.9 Å². The van der Waals surface area contributed by atoms with Crippen LogP contribution in [0.4, 0.5) is 5.69 Å². The van der Waals surface area contributed by atoms with E-state index < -0.39 is 0 Å². The van der Waals surface area contributed by atoms with Crippen molar-refractivity contribution >= 4 is 28.6 Å². The van der Waals surface area contributed by atoms with Gasteiger partial charge in [-0.2, -0.15) is 5.10 Å². The largest absolute Gasteiger partial charge is 0.494 e. The standard InChI is InChI=1S/C25H20N4O3/c1-30-22-9-5-4-8-20(22)28-25(21-12-11-18-6-2-3-7-19(18)27-21)29-26-15-17-10-13-23-24(14-17)32-16-31-23/h2-15H,16H2,1H3,(H,28,29)/b26-15+. The predicted octanol–water partition coefficient (Wildman–Crippen LogP) is 4.67. The lowest BCUT2D eigenvalue weighted by Crippen LogP contribution is -2.20. The summed E-state index contributed by atoms with van der Waals surface area (Å²) in [5, 5.41) is 5.45. The van der Waals surface area contributed by atoms with Crippen molar-refractivity contribution in [3.05, 3.63) is 90.1 Å². The summed E-state index contributed by atoms with van der Waals surface area (Å²) < 4.78 is 16.2. The SMILES string of the molecule is COc1ccccc1N=C(N/N=C/c1ccc2c(c1)OCO2)c1ccc2ccccc2n1. The zero-order valence-electron chi connectivity index (χ0n) is 17.4. The Morgan fingerprint density at radius 1 is 0.969 bits per heavy atom. The molecule has 2 heterocycles. The molecule has 0 fully saturated rings. The molecular weight excluding hydrogens is 404 g/mol. The third-order valence-corrected chi connectivity index (χ3v) is 4.94. The maximum atomic E-state index is 5.45. The van der Waals surface area contributed by atoms with Gasteiger partial charge in [-0.25, -0.2) is 9.98 Å².